The number of carbonyl (C=O) groups is 1. The molecule has 0 rings (SSSR count). The van der Waals surface area contributed by atoms with Crippen molar-refractivity contribution in [3.63, 3.8) is 0 Å². The highest BCUT2D eigenvalue weighted by atomic mass is 28.5. The molecule has 0 N–H and O–H groups in total. The van der Waals surface area contributed by atoms with Crippen LogP contribution in [0.25, 0.3) is 0 Å². The second kappa shape index (κ2) is 14.1. The Labute approximate surface area is 222 Å². The Morgan fingerprint density at radius 1 is 0.629 bits per heavy atom. The average molecular weight is 603 g/mol. The molecule has 0 aliphatic rings. The maximum absolute atomic E-state index is 12.5. The van der Waals surface area contributed by atoms with Crippen molar-refractivity contribution in [2.24, 2.45) is 0 Å². The quantitative estimate of drug-likeness (QED) is 0.104. The lowest BCUT2D eigenvalue weighted by Crippen LogP contribution is -2.63. The molecule has 0 bridgehead atoms. The number of carbonyl (C=O) groups excluding carboxylic acids is 1. The first-order chi connectivity index (χ1) is 15.6. The van der Waals surface area contributed by atoms with Gasteiger partial charge in [0, 0.05) is 6.61 Å². The fourth-order valence-corrected chi connectivity index (χ4v) is 32.4. The minimum atomic E-state index is -3.12. The van der Waals surface area contributed by atoms with Crippen LogP contribution >= 0.6 is 0 Å². The van der Waals surface area contributed by atoms with Crippen molar-refractivity contribution in [1.29, 1.82) is 0 Å². The van der Waals surface area contributed by atoms with Crippen LogP contribution in [0.1, 0.15) is 26.2 Å². The lowest BCUT2D eigenvalue weighted by atomic mass is 10.3. The van der Waals surface area contributed by atoms with E-state index in [4.69, 9.17) is 30.0 Å². The van der Waals surface area contributed by atoms with Gasteiger partial charge in [0.15, 0.2) is 16.6 Å². The van der Waals surface area contributed by atoms with Crippen LogP contribution in [0.4, 0.5) is 0 Å². The Kier molecular flexibility index (Phi) is 14.3. The Morgan fingerprint density at radius 3 is 1.49 bits per heavy atom. The lowest BCUT2D eigenvalue weighted by molar-refractivity contribution is -0.138. The van der Waals surface area contributed by atoms with Crippen molar-refractivity contribution in [2.45, 2.75) is 111 Å². The van der Waals surface area contributed by atoms with Gasteiger partial charge >= 0.3 is 40.2 Å². The van der Waals surface area contributed by atoms with Crippen LogP contribution < -0.4 is 0 Å². The molecule has 0 aliphatic carbocycles. The van der Waals surface area contributed by atoms with E-state index in [1.54, 1.807) is 0 Å². The number of ether oxygens (including phenoxy) is 2. The standard InChI is InChI=1S/C21H54O8Si6/c1-15-16-17-18-24-20-35(14,28-33(11,12)26-31(6,7)8)29-34(13,19-21(22)23-2)27-32(9,10)25-30(3,4)5/h15-20H2,1-14H3. The normalized spacial score (nSPS) is 17.1. The third-order valence-electron chi connectivity index (χ3n) is 4.41. The largest absolute Gasteiger partial charge is 0.469 e. The van der Waals surface area contributed by atoms with Crippen molar-refractivity contribution in [3.05, 3.63) is 0 Å². The smallest absolute Gasteiger partial charge is 0.344 e. The molecule has 0 aliphatic heterocycles. The van der Waals surface area contributed by atoms with E-state index in [9.17, 15) is 4.79 Å². The first-order valence-corrected chi connectivity index (χ1v) is 30.2. The van der Waals surface area contributed by atoms with Gasteiger partial charge in [-0.25, -0.2) is 0 Å². The third kappa shape index (κ3) is 17.6. The zero-order valence-corrected chi connectivity index (χ0v) is 31.0. The van der Waals surface area contributed by atoms with Crippen LogP contribution in [0.5, 0.6) is 0 Å². The zero-order chi connectivity index (χ0) is 27.8. The van der Waals surface area contributed by atoms with Gasteiger partial charge in [-0.05, 0) is 85.0 Å². The Hall–Kier alpha value is 0.531. The summed E-state index contributed by atoms with van der Waals surface area (Å²) < 4.78 is 44.3. The van der Waals surface area contributed by atoms with Gasteiger partial charge in [-0.2, -0.15) is 0 Å². The van der Waals surface area contributed by atoms with Gasteiger partial charge in [0.25, 0.3) is 0 Å². The summed E-state index contributed by atoms with van der Waals surface area (Å²) in [4.78, 5) is 12.5. The SMILES string of the molecule is CCCCCOC[Si](C)(O[Si](C)(C)O[Si](C)(C)C)O[Si](C)(CC(=O)OC)O[Si](C)(C)O[Si](C)(C)C. The maximum Gasteiger partial charge on any atom is 0.344 e. The number of methoxy groups -OCH3 is 1. The summed E-state index contributed by atoms with van der Waals surface area (Å²) in [6, 6.07) is 0.0631. The van der Waals surface area contributed by atoms with Gasteiger partial charge in [-0.15, -0.1) is 0 Å². The van der Waals surface area contributed by atoms with Crippen LogP contribution in [0, 0.1) is 0 Å². The van der Waals surface area contributed by atoms with Gasteiger partial charge in [-0.3, -0.25) is 4.79 Å². The molecule has 210 valence electrons. The minimum Gasteiger partial charge on any atom is -0.469 e. The van der Waals surface area contributed by atoms with Crippen molar-refractivity contribution in [1.82, 2.24) is 0 Å². The predicted octanol–water partition coefficient (Wildman–Crippen LogP) is 6.21. The van der Waals surface area contributed by atoms with Gasteiger partial charge in [-0.1, -0.05) is 19.8 Å². The van der Waals surface area contributed by atoms with Crippen molar-refractivity contribution in [2.75, 3.05) is 19.9 Å². The lowest BCUT2D eigenvalue weighted by Gasteiger charge is -2.44. The molecule has 0 spiro atoms. The second-order valence-electron chi connectivity index (χ2n) is 12.3. The van der Waals surface area contributed by atoms with Crippen LogP contribution in [0.3, 0.4) is 0 Å². The number of hydrogen-bond acceptors (Lipinski definition) is 8. The van der Waals surface area contributed by atoms with E-state index in [0.717, 1.165) is 19.3 Å². The summed E-state index contributed by atoms with van der Waals surface area (Å²) in [5, 5.41) is 0. The molecule has 35 heavy (non-hydrogen) atoms. The highest BCUT2D eigenvalue weighted by Crippen LogP contribution is 2.30. The van der Waals surface area contributed by atoms with Crippen LogP contribution in [0.2, 0.25) is 84.6 Å². The van der Waals surface area contributed by atoms with Crippen molar-refractivity contribution >= 4 is 56.8 Å². The molecule has 2 unspecified atom stereocenters. The molecule has 0 amide bonds. The van der Waals surface area contributed by atoms with Crippen LogP contribution in [0.15, 0.2) is 0 Å². The second-order valence-corrected chi connectivity index (χ2v) is 35.6. The van der Waals surface area contributed by atoms with Crippen molar-refractivity contribution in [3.8, 4) is 0 Å². The highest BCUT2D eigenvalue weighted by molar-refractivity contribution is 6.92. The summed E-state index contributed by atoms with van der Waals surface area (Å²) in [6.45, 7) is 27.8. The molecule has 0 aromatic rings. The van der Waals surface area contributed by atoms with E-state index in [2.05, 4.69) is 59.3 Å². The summed E-state index contributed by atoms with van der Waals surface area (Å²) in [5.74, 6) is -0.355. The third-order valence-corrected chi connectivity index (χ3v) is 25.7. The predicted molar refractivity (Wildman–Crippen MR) is 157 cm³/mol. The van der Waals surface area contributed by atoms with Gasteiger partial charge in [0.1, 0.15) is 0 Å². The molecular weight excluding hydrogens is 549 g/mol. The molecular formula is C21H54O8Si6. The average Bonchev–Trinajstić information content (AvgIpc) is 2.54. The van der Waals surface area contributed by atoms with E-state index in [1.165, 1.54) is 7.11 Å². The first kappa shape index (κ1) is 35.5. The highest BCUT2D eigenvalue weighted by Gasteiger charge is 2.52. The first-order valence-electron chi connectivity index (χ1n) is 12.7. The monoisotopic (exact) mass is 602 g/mol. The van der Waals surface area contributed by atoms with E-state index >= 15 is 0 Å². The topological polar surface area (TPSA) is 81.7 Å². The fraction of sp³-hybridized carbons (Fsp3) is 0.952. The fourth-order valence-electron chi connectivity index (χ4n) is 4.23. The summed E-state index contributed by atoms with van der Waals surface area (Å²) in [7, 11) is -13.5. The number of rotatable bonds is 18. The molecule has 0 saturated carbocycles. The summed E-state index contributed by atoms with van der Waals surface area (Å²) in [5.41, 5.74) is 0. The van der Waals surface area contributed by atoms with Crippen molar-refractivity contribution < 1.29 is 34.8 Å². The summed E-state index contributed by atoms with van der Waals surface area (Å²) >= 11 is 0. The van der Waals surface area contributed by atoms with E-state index in [0.29, 0.717) is 12.8 Å². The van der Waals surface area contributed by atoms with Gasteiger partial charge in [0.2, 0.25) is 0 Å². The van der Waals surface area contributed by atoms with E-state index in [1.807, 2.05) is 26.2 Å². The molecule has 0 heterocycles. The number of unbranched alkanes of at least 4 members (excludes halogenated alkanes) is 2. The van der Waals surface area contributed by atoms with Crippen LogP contribution in [-0.2, 0) is 34.8 Å². The zero-order valence-electron chi connectivity index (χ0n) is 25.0. The maximum atomic E-state index is 12.5. The van der Waals surface area contributed by atoms with Gasteiger partial charge in [0.05, 0.1) is 19.4 Å². The Balaban J connectivity index is 6.04. The van der Waals surface area contributed by atoms with Gasteiger partial charge < -0.3 is 30.0 Å². The Morgan fingerprint density at radius 2 is 1.09 bits per heavy atom. The molecule has 0 saturated heterocycles. The summed E-state index contributed by atoms with van der Waals surface area (Å²) in [6.07, 6.45) is 3.59. The van der Waals surface area contributed by atoms with E-state index < -0.39 is 50.9 Å². The van der Waals surface area contributed by atoms with Crippen LogP contribution in [-0.4, -0.2) is 76.8 Å². The molecule has 0 aromatic carbocycles. The molecule has 0 radical (unpaired) electrons. The molecule has 14 heteroatoms. The number of esters is 1. The number of hydrogen-bond donors (Lipinski definition) is 0. The molecule has 2 atom stereocenters. The van der Waals surface area contributed by atoms with E-state index in [-0.39, 0.29) is 12.0 Å². The molecule has 0 fully saturated rings. The minimum absolute atomic E-state index is 0.0631. The Bertz CT molecular complexity index is 653. The molecule has 8 nitrogen and oxygen atoms in total. The molecule has 0 aromatic heterocycles.